The van der Waals surface area contributed by atoms with Gasteiger partial charge in [-0.3, -0.25) is 0 Å². The SMILES string of the molecule is OCc1ccc2c(c1)C1C=CC2O1. The van der Waals surface area contributed by atoms with Crippen LogP contribution in [0.5, 0.6) is 0 Å². The average molecular weight is 174 g/mol. The molecule has 3 rings (SSSR count). The topological polar surface area (TPSA) is 29.5 Å². The molecule has 13 heavy (non-hydrogen) atoms. The number of ether oxygens (including phenoxy) is 1. The number of fused-ring (bicyclic) bond motifs is 5. The van der Waals surface area contributed by atoms with Gasteiger partial charge in [-0.05, 0) is 16.7 Å². The minimum absolute atomic E-state index is 0.106. The summed E-state index contributed by atoms with van der Waals surface area (Å²) in [6, 6.07) is 6.04. The van der Waals surface area contributed by atoms with Crippen molar-refractivity contribution in [3.63, 3.8) is 0 Å². The predicted molar refractivity (Wildman–Crippen MR) is 48.1 cm³/mol. The maximum absolute atomic E-state index is 8.98. The molecule has 2 atom stereocenters. The lowest BCUT2D eigenvalue weighted by Gasteiger charge is -2.07. The smallest absolute Gasteiger partial charge is 0.102 e. The van der Waals surface area contributed by atoms with Gasteiger partial charge in [-0.1, -0.05) is 30.4 Å². The highest BCUT2D eigenvalue weighted by molar-refractivity contribution is 5.44. The molecule has 2 unspecified atom stereocenters. The molecule has 2 aliphatic heterocycles. The van der Waals surface area contributed by atoms with Gasteiger partial charge in [-0.2, -0.15) is 0 Å². The summed E-state index contributed by atoms with van der Waals surface area (Å²) >= 11 is 0. The fourth-order valence-corrected chi connectivity index (χ4v) is 2.03. The molecule has 0 radical (unpaired) electrons. The first-order valence-electron chi connectivity index (χ1n) is 4.46. The van der Waals surface area contributed by atoms with Gasteiger partial charge in [0.2, 0.25) is 0 Å². The van der Waals surface area contributed by atoms with E-state index in [2.05, 4.69) is 18.2 Å². The van der Waals surface area contributed by atoms with Crippen molar-refractivity contribution < 1.29 is 9.84 Å². The van der Waals surface area contributed by atoms with Crippen molar-refractivity contribution in [2.75, 3.05) is 0 Å². The van der Waals surface area contributed by atoms with Crippen LogP contribution in [0.3, 0.4) is 0 Å². The molecule has 2 aliphatic rings. The summed E-state index contributed by atoms with van der Waals surface area (Å²) in [6.45, 7) is 0.106. The highest BCUT2D eigenvalue weighted by Gasteiger charge is 2.33. The maximum Gasteiger partial charge on any atom is 0.102 e. The standard InChI is InChI=1S/C11H10O2/c12-6-7-1-2-8-9(5-7)11-4-3-10(8)13-11/h1-5,10-12H,6H2. The Kier molecular flexibility index (Phi) is 1.37. The van der Waals surface area contributed by atoms with Gasteiger partial charge in [0.15, 0.2) is 0 Å². The van der Waals surface area contributed by atoms with E-state index in [1.54, 1.807) is 0 Å². The molecule has 66 valence electrons. The number of benzene rings is 1. The predicted octanol–water partition coefficient (Wildman–Crippen LogP) is 1.86. The Hall–Kier alpha value is -1.12. The molecular formula is C11H10O2. The second-order valence-electron chi connectivity index (χ2n) is 3.48. The summed E-state index contributed by atoms with van der Waals surface area (Å²) < 4.78 is 5.65. The molecule has 1 aromatic carbocycles. The number of hydrogen-bond acceptors (Lipinski definition) is 2. The van der Waals surface area contributed by atoms with E-state index in [1.807, 2.05) is 12.1 Å². The molecular weight excluding hydrogens is 164 g/mol. The van der Waals surface area contributed by atoms with Crippen molar-refractivity contribution in [2.24, 2.45) is 0 Å². The van der Waals surface area contributed by atoms with Gasteiger partial charge in [0.25, 0.3) is 0 Å². The fourth-order valence-electron chi connectivity index (χ4n) is 2.03. The average Bonchev–Trinajstić information content (AvgIpc) is 2.77. The van der Waals surface area contributed by atoms with Crippen molar-refractivity contribution in [1.82, 2.24) is 0 Å². The van der Waals surface area contributed by atoms with E-state index in [0.29, 0.717) is 0 Å². The molecule has 0 fully saturated rings. The Bertz CT molecular complexity index is 382. The Morgan fingerprint density at radius 3 is 2.69 bits per heavy atom. The molecule has 2 heteroatoms. The third-order valence-electron chi connectivity index (χ3n) is 2.70. The molecule has 2 heterocycles. The van der Waals surface area contributed by atoms with Crippen LogP contribution in [0.25, 0.3) is 0 Å². The third-order valence-corrected chi connectivity index (χ3v) is 2.70. The minimum Gasteiger partial charge on any atom is -0.392 e. The number of aliphatic hydroxyl groups is 1. The van der Waals surface area contributed by atoms with Crippen LogP contribution in [0, 0.1) is 0 Å². The largest absolute Gasteiger partial charge is 0.392 e. The van der Waals surface area contributed by atoms with E-state index in [4.69, 9.17) is 9.84 Å². The second kappa shape index (κ2) is 2.44. The molecule has 2 bridgehead atoms. The minimum atomic E-state index is 0.106. The van der Waals surface area contributed by atoms with Crippen LogP contribution < -0.4 is 0 Å². The first-order valence-corrected chi connectivity index (χ1v) is 4.46. The highest BCUT2D eigenvalue weighted by Crippen LogP contribution is 2.45. The molecule has 0 aromatic heterocycles. The van der Waals surface area contributed by atoms with E-state index in [9.17, 15) is 0 Å². The van der Waals surface area contributed by atoms with Crippen LogP contribution in [0.2, 0.25) is 0 Å². The van der Waals surface area contributed by atoms with E-state index < -0.39 is 0 Å². The van der Waals surface area contributed by atoms with Gasteiger partial charge in [0, 0.05) is 0 Å². The number of hydrogen-bond donors (Lipinski definition) is 1. The maximum atomic E-state index is 8.98. The lowest BCUT2D eigenvalue weighted by molar-refractivity contribution is 0.0878. The quantitative estimate of drug-likeness (QED) is 0.658. The second-order valence-corrected chi connectivity index (χ2v) is 3.48. The van der Waals surface area contributed by atoms with Gasteiger partial charge < -0.3 is 9.84 Å². The summed E-state index contributed by atoms with van der Waals surface area (Å²) in [5.74, 6) is 0. The van der Waals surface area contributed by atoms with E-state index in [-0.39, 0.29) is 18.8 Å². The normalized spacial score (nSPS) is 28.1. The molecule has 0 saturated carbocycles. The molecule has 1 aromatic rings. The van der Waals surface area contributed by atoms with Crippen LogP contribution in [0.4, 0.5) is 0 Å². The van der Waals surface area contributed by atoms with Gasteiger partial charge in [-0.15, -0.1) is 0 Å². The van der Waals surface area contributed by atoms with Crippen molar-refractivity contribution in [2.45, 2.75) is 18.8 Å². The Morgan fingerprint density at radius 2 is 1.92 bits per heavy atom. The van der Waals surface area contributed by atoms with E-state index >= 15 is 0 Å². The van der Waals surface area contributed by atoms with Crippen molar-refractivity contribution in [1.29, 1.82) is 0 Å². The van der Waals surface area contributed by atoms with Crippen LogP contribution in [-0.4, -0.2) is 5.11 Å². The summed E-state index contributed by atoms with van der Waals surface area (Å²) in [4.78, 5) is 0. The fraction of sp³-hybridized carbons (Fsp3) is 0.273. The van der Waals surface area contributed by atoms with Crippen LogP contribution >= 0.6 is 0 Å². The lowest BCUT2D eigenvalue weighted by atomic mass is 9.95. The zero-order valence-electron chi connectivity index (χ0n) is 7.10. The van der Waals surface area contributed by atoms with Gasteiger partial charge in [-0.25, -0.2) is 0 Å². The van der Waals surface area contributed by atoms with Crippen LogP contribution in [-0.2, 0) is 11.3 Å². The van der Waals surface area contributed by atoms with E-state index in [1.165, 1.54) is 11.1 Å². The molecule has 0 spiro atoms. The Balaban J connectivity index is 2.14. The molecule has 0 aliphatic carbocycles. The molecule has 0 saturated heterocycles. The zero-order chi connectivity index (χ0) is 8.84. The number of rotatable bonds is 1. The summed E-state index contributed by atoms with van der Waals surface area (Å²) in [6.07, 6.45) is 4.46. The highest BCUT2D eigenvalue weighted by atomic mass is 16.5. The molecule has 1 N–H and O–H groups in total. The van der Waals surface area contributed by atoms with Gasteiger partial charge >= 0.3 is 0 Å². The van der Waals surface area contributed by atoms with Gasteiger partial charge in [0.05, 0.1) is 6.61 Å². The van der Waals surface area contributed by atoms with Crippen molar-refractivity contribution in [3.05, 3.63) is 47.0 Å². The monoisotopic (exact) mass is 174 g/mol. The van der Waals surface area contributed by atoms with Crippen LogP contribution in [0.1, 0.15) is 28.9 Å². The van der Waals surface area contributed by atoms with Crippen LogP contribution in [0.15, 0.2) is 30.4 Å². The van der Waals surface area contributed by atoms with Gasteiger partial charge in [0.1, 0.15) is 12.2 Å². The number of aliphatic hydroxyl groups excluding tert-OH is 1. The summed E-state index contributed by atoms with van der Waals surface area (Å²) in [5, 5.41) is 8.98. The first-order chi connectivity index (χ1) is 6.38. The van der Waals surface area contributed by atoms with Crippen molar-refractivity contribution >= 4 is 0 Å². The molecule has 0 amide bonds. The Labute approximate surface area is 76.5 Å². The summed E-state index contributed by atoms with van der Waals surface area (Å²) in [5.41, 5.74) is 3.44. The zero-order valence-corrected chi connectivity index (χ0v) is 7.10. The van der Waals surface area contributed by atoms with E-state index in [0.717, 1.165) is 5.56 Å². The lowest BCUT2D eigenvalue weighted by Crippen LogP contribution is -1.94. The third kappa shape index (κ3) is 0.900. The first kappa shape index (κ1) is 7.30. The van der Waals surface area contributed by atoms with Crippen molar-refractivity contribution in [3.8, 4) is 0 Å². The Morgan fingerprint density at radius 1 is 1.15 bits per heavy atom. The summed E-state index contributed by atoms with van der Waals surface area (Å²) in [7, 11) is 0. The molecule has 2 nitrogen and oxygen atoms in total.